The van der Waals surface area contributed by atoms with Crippen molar-refractivity contribution in [3.05, 3.63) is 47.4 Å². The normalized spacial score (nSPS) is 10.9. The van der Waals surface area contributed by atoms with Crippen LogP contribution >= 0.6 is 0 Å². The summed E-state index contributed by atoms with van der Waals surface area (Å²) in [5.74, 6) is -0.188. The van der Waals surface area contributed by atoms with Gasteiger partial charge in [0.1, 0.15) is 23.1 Å². The number of alkyl halides is 3. The standard InChI is InChI=1S/C13H8F3N3O/c1-8-2-4-10(7-18-8)20-12-9(6-17)3-5-11(19-12)13(14,15)16/h2-5,7H,1H3. The van der Waals surface area contributed by atoms with Crippen molar-refractivity contribution in [2.45, 2.75) is 13.1 Å². The molecule has 0 saturated heterocycles. The highest BCUT2D eigenvalue weighted by atomic mass is 19.4. The summed E-state index contributed by atoms with van der Waals surface area (Å²) in [6.45, 7) is 1.76. The fourth-order valence-electron chi connectivity index (χ4n) is 1.39. The highest BCUT2D eigenvalue weighted by molar-refractivity contribution is 5.41. The van der Waals surface area contributed by atoms with Crippen molar-refractivity contribution >= 4 is 0 Å². The number of nitriles is 1. The van der Waals surface area contributed by atoms with Gasteiger partial charge in [-0.1, -0.05) is 0 Å². The summed E-state index contributed by atoms with van der Waals surface area (Å²) < 4.78 is 42.9. The Morgan fingerprint density at radius 3 is 2.50 bits per heavy atom. The fraction of sp³-hybridized carbons (Fsp3) is 0.154. The number of nitrogens with zero attached hydrogens (tertiary/aromatic N) is 3. The van der Waals surface area contributed by atoms with Crippen LogP contribution in [0.2, 0.25) is 0 Å². The molecule has 2 heterocycles. The maximum atomic E-state index is 12.6. The van der Waals surface area contributed by atoms with Gasteiger partial charge in [-0.3, -0.25) is 4.98 Å². The van der Waals surface area contributed by atoms with Crippen LogP contribution in [-0.2, 0) is 6.18 Å². The van der Waals surface area contributed by atoms with Crippen molar-refractivity contribution in [3.63, 3.8) is 0 Å². The van der Waals surface area contributed by atoms with Crippen LogP contribution in [0, 0.1) is 18.3 Å². The summed E-state index contributed by atoms with van der Waals surface area (Å²) in [7, 11) is 0. The van der Waals surface area contributed by atoms with Crippen molar-refractivity contribution in [1.82, 2.24) is 9.97 Å². The number of hydrogen-bond acceptors (Lipinski definition) is 4. The topological polar surface area (TPSA) is 58.8 Å². The van der Waals surface area contributed by atoms with Gasteiger partial charge in [-0.05, 0) is 31.2 Å². The number of hydrogen-bond donors (Lipinski definition) is 0. The molecule has 0 aliphatic carbocycles. The highest BCUT2D eigenvalue weighted by Gasteiger charge is 2.33. The van der Waals surface area contributed by atoms with Crippen LogP contribution in [0.25, 0.3) is 0 Å². The molecule has 0 fully saturated rings. The zero-order valence-corrected chi connectivity index (χ0v) is 10.3. The molecule has 4 nitrogen and oxygen atoms in total. The predicted molar refractivity (Wildman–Crippen MR) is 63.0 cm³/mol. The SMILES string of the molecule is Cc1ccc(Oc2nc(C(F)(F)F)ccc2C#N)cn1. The van der Waals surface area contributed by atoms with Crippen LogP contribution in [-0.4, -0.2) is 9.97 Å². The Balaban J connectivity index is 2.39. The summed E-state index contributed by atoms with van der Waals surface area (Å²) in [5, 5.41) is 8.87. The molecule has 0 aliphatic rings. The van der Waals surface area contributed by atoms with Crippen molar-refractivity contribution in [3.8, 4) is 17.7 Å². The molecule has 2 rings (SSSR count). The Hall–Kier alpha value is -2.62. The minimum atomic E-state index is -4.60. The second kappa shape index (κ2) is 5.17. The molecule has 0 atom stereocenters. The lowest BCUT2D eigenvalue weighted by Gasteiger charge is -2.10. The Morgan fingerprint density at radius 2 is 1.95 bits per heavy atom. The van der Waals surface area contributed by atoms with Crippen molar-refractivity contribution in [1.29, 1.82) is 5.26 Å². The van der Waals surface area contributed by atoms with E-state index in [2.05, 4.69) is 9.97 Å². The van der Waals surface area contributed by atoms with Crippen LogP contribution in [0.5, 0.6) is 11.6 Å². The number of ether oxygens (including phenoxy) is 1. The van der Waals surface area contributed by atoms with E-state index in [0.29, 0.717) is 0 Å². The molecule has 0 spiro atoms. The van der Waals surface area contributed by atoms with Crippen LogP contribution in [0.4, 0.5) is 13.2 Å². The van der Waals surface area contributed by atoms with Gasteiger partial charge in [-0.2, -0.15) is 18.4 Å². The molecule has 0 radical (unpaired) electrons. The zero-order valence-electron chi connectivity index (χ0n) is 10.3. The zero-order chi connectivity index (χ0) is 14.8. The Morgan fingerprint density at radius 1 is 1.20 bits per heavy atom. The first kappa shape index (κ1) is 13.8. The van der Waals surface area contributed by atoms with Crippen molar-refractivity contribution in [2.75, 3.05) is 0 Å². The van der Waals surface area contributed by atoms with Gasteiger partial charge in [0.05, 0.1) is 6.20 Å². The summed E-state index contributed by atoms with van der Waals surface area (Å²) in [6.07, 6.45) is -3.25. The summed E-state index contributed by atoms with van der Waals surface area (Å²) in [5.41, 5.74) is -0.472. The fourth-order valence-corrected chi connectivity index (χ4v) is 1.39. The van der Waals surface area contributed by atoms with Gasteiger partial charge < -0.3 is 4.74 Å². The van der Waals surface area contributed by atoms with E-state index in [1.54, 1.807) is 19.1 Å². The highest BCUT2D eigenvalue weighted by Crippen LogP contribution is 2.31. The third kappa shape index (κ3) is 3.03. The number of pyridine rings is 2. The predicted octanol–water partition coefficient (Wildman–Crippen LogP) is 3.47. The third-order valence-corrected chi connectivity index (χ3v) is 2.37. The molecule has 7 heteroatoms. The van der Waals surface area contributed by atoms with E-state index in [1.807, 2.05) is 0 Å². The summed E-state index contributed by atoms with van der Waals surface area (Å²) >= 11 is 0. The Labute approximate surface area is 112 Å². The number of halogens is 3. The van der Waals surface area contributed by atoms with Crippen LogP contribution in [0.3, 0.4) is 0 Å². The van der Waals surface area contributed by atoms with E-state index in [4.69, 9.17) is 10.00 Å². The van der Waals surface area contributed by atoms with E-state index in [9.17, 15) is 13.2 Å². The molecule has 0 aromatic carbocycles. The molecule has 2 aromatic rings. The van der Waals surface area contributed by atoms with Gasteiger partial charge in [0.25, 0.3) is 0 Å². The maximum Gasteiger partial charge on any atom is 0.433 e. The Bertz CT molecular complexity index is 660. The summed E-state index contributed by atoms with van der Waals surface area (Å²) in [4.78, 5) is 7.28. The van der Waals surface area contributed by atoms with Gasteiger partial charge in [0.2, 0.25) is 5.88 Å². The second-order valence-electron chi connectivity index (χ2n) is 3.90. The molecular formula is C13H8F3N3O. The molecule has 2 aromatic heterocycles. The van der Waals surface area contributed by atoms with Gasteiger partial charge in [0.15, 0.2) is 0 Å². The molecule has 20 heavy (non-hydrogen) atoms. The van der Waals surface area contributed by atoms with Gasteiger partial charge in [-0.25, -0.2) is 4.98 Å². The third-order valence-electron chi connectivity index (χ3n) is 2.37. The molecule has 0 saturated carbocycles. The van der Waals surface area contributed by atoms with Gasteiger partial charge >= 0.3 is 6.18 Å². The van der Waals surface area contributed by atoms with Crippen molar-refractivity contribution < 1.29 is 17.9 Å². The van der Waals surface area contributed by atoms with Gasteiger partial charge in [-0.15, -0.1) is 0 Å². The van der Waals surface area contributed by atoms with E-state index in [1.165, 1.54) is 12.3 Å². The molecule has 102 valence electrons. The number of aryl methyl sites for hydroxylation is 1. The lowest BCUT2D eigenvalue weighted by molar-refractivity contribution is -0.141. The first-order valence-corrected chi connectivity index (χ1v) is 5.49. The lowest BCUT2D eigenvalue weighted by atomic mass is 10.2. The van der Waals surface area contributed by atoms with Crippen LogP contribution in [0.1, 0.15) is 17.0 Å². The lowest BCUT2D eigenvalue weighted by Crippen LogP contribution is -2.09. The Kier molecular flexibility index (Phi) is 3.57. The smallest absolute Gasteiger partial charge is 0.433 e. The number of aromatic nitrogens is 2. The van der Waals surface area contributed by atoms with Crippen molar-refractivity contribution in [2.24, 2.45) is 0 Å². The molecular weight excluding hydrogens is 271 g/mol. The average molecular weight is 279 g/mol. The first-order valence-electron chi connectivity index (χ1n) is 5.49. The molecule has 0 bridgehead atoms. The second-order valence-corrected chi connectivity index (χ2v) is 3.90. The maximum absolute atomic E-state index is 12.6. The largest absolute Gasteiger partial charge is 0.436 e. The molecule has 0 unspecified atom stereocenters. The van der Waals surface area contributed by atoms with E-state index in [0.717, 1.165) is 17.8 Å². The van der Waals surface area contributed by atoms with Crippen LogP contribution in [0.15, 0.2) is 30.5 Å². The number of rotatable bonds is 2. The van der Waals surface area contributed by atoms with Crippen LogP contribution < -0.4 is 4.74 Å². The quantitative estimate of drug-likeness (QED) is 0.844. The molecule has 0 amide bonds. The van der Waals surface area contributed by atoms with E-state index >= 15 is 0 Å². The van der Waals surface area contributed by atoms with E-state index in [-0.39, 0.29) is 11.3 Å². The average Bonchev–Trinajstić information content (AvgIpc) is 2.40. The molecule has 0 aliphatic heterocycles. The van der Waals surface area contributed by atoms with Gasteiger partial charge in [0, 0.05) is 5.69 Å². The minimum Gasteiger partial charge on any atom is -0.436 e. The molecule has 0 N–H and O–H groups in total. The monoisotopic (exact) mass is 279 g/mol. The summed E-state index contributed by atoms with van der Waals surface area (Å²) in [6, 6.07) is 6.65. The minimum absolute atomic E-state index is 0.0847. The first-order chi connectivity index (χ1) is 9.40. The van der Waals surface area contributed by atoms with E-state index < -0.39 is 17.8 Å².